The average Bonchev–Trinajstić information content (AvgIpc) is 2.89. The van der Waals surface area contributed by atoms with Gasteiger partial charge in [-0.05, 0) is 37.8 Å². The molecule has 3 fully saturated rings. The molecule has 3 amide bonds. The van der Waals surface area contributed by atoms with Gasteiger partial charge in [0.05, 0.1) is 32.2 Å². The van der Waals surface area contributed by atoms with E-state index >= 15 is 0 Å². The number of morpholine rings is 1. The first kappa shape index (κ1) is 23.5. The van der Waals surface area contributed by atoms with E-state index in [2.05, 4.69) is 0 Å². The van der Waals surface area contributed by atoms with Crippen LogP contribution in [0.5, 0.6) is 5.75 Å². The summed E-state index contributed by atoms with van der Waals surface area (Å²) in [6, 6.07) is 9.49. The highest BCUT2D eigenvalue weighted by Gasteiger charge is 2.35. The maximum Gasteiger partial charge on any atom is 0.227 e. The summed E-state index contributed by atoms with van der Waals surface area (Å²) in [6.45, 7) is 5.28. The normalized spacial score (nSPS) is 22.2. The van der Waals surface area contributed by atoms with Crippen LogP contribution < -0.4 is 4.74 Å². The van der Waals surface area contributed by atoms with Crippen molar-refractivity contribution in [1.82, 2.24) is 14.7 Å². The van der Waals surface area contributed by atoms with Crippen molar-refractivity contribution in [2.75, 3.05) is 59.1 Å². The molecule has 3 heterocycles. The topological polar surface area (TPSA) is 79.4 Å². The van der Waals surface area contributed by atoms with Crippen LogP contribution in [0.15, 0.2) is 30.3 Å². The maximum atomic E-state index is 13.2. The predicted molar refractivity (Wildman–Crippen MR) is 123 cm³/mol. The Kier molecular flexibility index (Phi) is 8.20. The second-order valence-electron chi connectivity index (χ2n) is 9.13. The number of hydrogen-bond acceptors (Lipinski definition) is 5. The van der Waals surface area contributed by atoms with Crippen LogP contribution in [0.1, 0.15) is 32.1 Å². The van der Waals surface area contributed by atoms with Gasteiger partial charge in [0, 0.05) is 45.2 Å². The fourth-order valence-corrected chi connectivity index (χ4v) is 4.99. The molecule has 0 aliphatic carbocycles. The Labute approximate surface area is 195 Å². The lowest BCUT2D eigenvalue weighted by molar-refractivity contribution is -0.147. The maximum absolute atomic E-state index is 13.2. The average molecular weight is 458 g/mol. The van der Waals surface area contributed by atoms with Crippen LogP contribution in [0.2, 0.25) is 0 Å². The molecule has 4 rings (SSSR count). The van der Waals surface area contributed by atoms with Crippen LogP contribution in [0.3, 0.4) is 0 Å². The van der Waals surface area contributed by atoms with E-state index in [1.807, 2.05) is 45.0 Å². The minimum atomic E-state index is -0.105. The molecule has 0 N–H and O–H groups in total. The summed E-state index contributed by atoms with van der Waals surface area (Å²) in [6.07, 6.45) is 3.42. The number of amides is 3. The molecule has 3 saturated heterocycles. The van der Waals surface area contributed by atoms with E-state index < -0.39 is 0 Å². The van der Waals surface area contributed by atoms with Crippen molar-refractivity contribution in [3.8, 4) is 5.75 Å². The summed E-state index contributed by atoms with van der Waals surface area (Å²) >= 11 is 0. The molecule has 180 valence electrons. The van der Waals surface area contributed by atoms with Crippen LogP contribution in [-0.4, -0.2) is 91.5 Å². The Hall–Kier alpha value is -2.61. The molecule has 3 aliphatic heterocycles. The zero-order valence-electron chi connectivity index (χ0n) is 19.3. The first-order valence-corrected chi connectivity index (χ1v) is 12.2. The first-order valence-electron chi connectivity index (χ1n) is 12.2. The van der Waals surface area contributed by atoms with E-state index in [0.717, 1.165) is 25.1 Å². The zero-order valence-corrected chi connectivity index (χ0v) is 19.3. The molecular formula is C25H35N3O5. The Balaban J connectivity index is 1.20. The number of carbonyl (C=O) groups excluding carboxylic acids is 3. The largest absolute Gasteiger partial charge is 0.493 e. The Morgan fingerprint density at radius 3 is 2.24 bits per heavy atom. The summed E-state index contributed by atoms with van der Waals surface area (Å²) < 4.78 is 11.0. The fraction of sp³-hybridized carbons (Fsp3) is 0.640. The quantitative estimate of drug-likeness (QED) is 0.651. The summed E-state index contributed by atoms with van der Waals surface area (Å²) in [5.41, 5.74) is 0. The van der Waals surface area contributed by atoms with Crippen LogP contribution in [-0.2, 0) is 19.1 Å². The van der Waals surface area contributed by atoms with Crippen molar-refractivity contribution in [1.29, 1.82) is 0 Å². The van der Waals surface area contributed by atoms with Gasteiger partial charge in [-0.2, -0.15) is 0 Å². The Morgan fingerprint density at radius 2 is 1.52 bits per heavy atom. The van der Waals surface area contributed by atoms with E-state index in [0.29, 0.717) is 71.8 Å². The highest BCUT2D eigenvalue weighted by atomic mass is 16.5. The number of carbonyl (C=O) groups is 3. The summed E-state index contributed by atoms with van der Waals surface area (Å²) in [5.74, 6) is 0.981. The summed E-state index contributed by atoms with van der Waals surface area (Å²) in [7, 11) is 0. The number of hydrogen-bond donors (Lipinski definition) is 0. The molecule has 0 saturated carbocycles. The summed E-state index contributed by atoms with van der Waals surface area (Å²) in [4.78, 5) is 44.2. The number of benzene rings is 1. The third-order valence-corrected chi connectivity index (χ3v) is 6.93. The van der Waals surface area contributed by atoms with Gasteiger partial charge in [0.1, 0.15) is 5.75 Å². The minimum absolute atomic E-state index is 0.0631. The monoisotopic (exact) mass is 457 g/mol. The lowest BCUT2D eigenvalue weighted by atomic mass is 9.91. The van der Waals surface area contributed by atoms with Gasteiger partial charge in [-0.25, -0.2) is 0 Å². The number of rotatable bonds is 6. The van der Waals surface area contributed by atoms with Gasteiger partial charge < -0.3 is 24.2 Å². The van der Waals surface area contributed by atoms with Gasteiger partial charge in [0.25, 0.3) is 0 Å². The van der Waals surface area contributed by atoms with Crippen molar-refractivity contribution in [3.05, 3.63) is 30.3 Å². The highest BCUT2D eigenvalue weighted by molar-refractivity contribution is 5.83. The standard InChI is InChI=1S/C25H35N3O5/c29-23(10-16-33-22-6-2-1-3-7-22)26-12-8-20(9-13-26)24(30)28-11-4-5-21(19-28)25(31)27-14-17-32-18-15-27/h1-3,6-7,20-21H,4-5,8-19H2. The number of para-hydroxylation sites is 1. The molecule has 0 radical (unpaired) electrons. The van der Waals surface area contributed by atoms with Gasteiger partial charge in [0.15, 0.2) is 0 Å². The van der Waals surface area contributed by atoms with E-state index in [1.54, 1.807) is 0 Å². The van der Waals surface area contributed by atoms with Crippen LogP contribution in [0.25, 0.3) is 0 Å². The summed E-state index contributed by atoms with van der Waals surface area (Å²) in [5, 5.41) is 0. The van der Waals surface area contributed by atoms with Crippen LogP contribution in [0, 0.1) is 11.8 Å². The molecule has 33 heavy (non-hydrogen) atoms. The molecule has 1 aromatic rings. The minimum Gasteiger partial charge on any atom is -0.493 e. The van der Waals surface area contributed by atoms with E-state index in [4.69, 9.17) is 9.47 Å². The molecular weight excluding hydrogens is 422 g/mol. The molecule has 8 nitrogen and oxygen atoms in total. The molecule has 1 atom stereocenters. The third kappa shape index (κ3) is 6.25. The number of piperidine rings is 2. The van der Waals surface area contributed by atoms with Crippen molar-refractivity contribution in [2.45, 2.75) is 32.1 Å². The van der Waals surface area contributed by atoms with Gasteiger partial charge in [-0.3, -0.25) is 14.4 Å². The molecule has 0 aromatic heterocycles. The van der Waals surface area contributed by atoms with E-state index in [9.17, 15) is 14.4 Å². The SMILES string of the molecule is O=C(CCOc1ccccc1)N1CCC(C(=O)N2CCCC(C(=O)N3CCOCC3)C2)CC1. The van der Waals surface area contributed by atoms with Crippen LogP contribution >= 0.6 is 0 Å². The van der Waals surface area contributed by atoms with Crippen molar-refractivity contribution in [2.24, 2.45) is 11.8 Å². The molecule has 1 unspecified atom stereocenters. The molecule has 0 spiro atoms. The second kappa shape index (κ2) is 11.5. The number of nitrogens with zero attached hydrogens (tertiary/aromatic N) is 3. The Bertz CT molecular complexity index is 804. The number of likely N-dealkylation sites (tertiary alicyclic amines) is 2. The lowest BCUT2D eigenvalue weighted by Gasteiger charge is -2.39. The van der Waals surface area contributed by atoms with Gasteiger partial charge in [-0.15, -0.1) is 0 Å². The third-order valence-electron chi connectivity index (χ3n) is 6.93. The van der Waals surface area contributed by atoms with E-state index in [1.165, 1.54) is 0 Å². The Morgan fingerprint density at radius 1 is 0.818 bits per heavy atom. The second-order valence-corrected chi connectivity index (χ2v) is 9.13. The smallest absolute Gasteiger partial charge is 0.227 e. The number of ether oxygens (including phenoxy) is 2. The van der Waals surface area contributed by atoms with Gasteiger partial charge >= 0.3 is 0 Å². The van der Waals surface area contributed by atoms with Crippen molar-refractivity contribution < 1.29 is 23.9 Å². The lowest BCUT2D eigenvalue weighted by Crippen LogP contribution is -2.51. The fourth-order valence-electron chi connectivity index (χ4n) is 4.99. The molecule has 8 heteroatoms. The van der Waals surface area contributed by atoms with E-state index in [-0.39, 0.29) is 29.6 Å². The molecule has 3 aliphatic rings. The first-order chi connectivity index (χ1) is 16.1. The van der Waals surface area contributed by atoms with Crippen molar-refractivity contribution >= 4 is 17.7 Å². The van der Waals surface area contributed by atoms with Gasteiger partial charge in [-0.1, -0.05) is 18.2 Å². The van der Waals surface area contributed by atoms with Crippen LogP contribution in [0.4, 0.5) is 0 Å². The predicted octanol–water partition coefficient (Wildman–Crippen LogP) is 1.79. The zero-order chi connectivity index (χ0) is 23.0. The molecule has 0 bridgehead atoms. The highest BCUT2D eigenvalue weighted by Crippen LogP contribution is 2.25. The van der Waals surface area contributed by atoms with Gasteiger partial charge in [0.2, 0.25) is 17.7 Å². The van der Waals surface area contributed by atoms with Crippen molar-refractivity contribution in [3.63, 3.8) is 0 Å². The molecule has 1 aromatic carbocycles.